The van der Waals surface area contributed by atoms with E-state index in [1.54, 1.807) is 31.2 Å². The summed E-state index contributed by atoms with van der Waals surface area (Å²) in [5.41, 5.74) is -4.00. The molecule has 0 aliphatic carbocycles. The molecule has 2 aromatic carbocycles. The Bertz CT molecular complexity index is 1240. The molecule has 1 unspecified atom stereocenters. The number of aliphatic imine (C=N–C) groups is 1. The van der Waals surface area contributed by atoms with Crippen LogP contribution in [0, 0.1) is 11.6 Å². The summed E-state index contributed by atoms with van der Waals surface area (Å²) in [5, 5.41) is 22.0. The Morgan fingerprint density at radius 2 is 1.85 bits per heavy atom. The normalized spacial score (nSPS) is 14.7. The second kappa shape index (κ2) is 9.86. The molecule has 0 aliphatic rings. The predicted octanol–water partition coefficient (Wildman–Crippen LogP) is 5.21. The molecular formula is C23H20ClF4N5O. The van der Waals surface area contributed by atoms with Gasteiger partial charge in [0.25, 0.3) is 0 Å². The topological polar surface area (TPSA) is 76.2 Å². The maximum Gasteiger partial charge on any atom is 0.323 e. The van der Waals surface area contributed by atoms with E-state index >= 15 is 8.78 Å². The summed E-state index contributed by atoms with van der Waals surface area (Å²) in [6.07, 6.45) is 2.16. The summed E-state index contributed by atoms with van der Waals surface area (Å²) in [6.45, 7) is 5.52. The number of allylic oxidation sites excluding steroid dienone is 2. The van der Waals surface area contributed by atoms with Crippen molar-refractivity contribution in [3.8, 4) is 0 Å². The average molecular weight is 494 g/mol. The number of benzene rings is 2. The Morgan fingerprint density at radius 3 is 2.41 bits per heavy atom. The third-order valence-corrected chi connectivity index (χ3v) is 5.32. The number of hydrogen-bond donors (Lipinski definition) is 1. The van der Waals surface area contributed by atoms with Crippen LogP contribution >= 0.6 is 11.6 Å². The summed E-state index contributed by atoms with van der Waals surface area (Å²) in [4.78, 5) is 3.92. The third-order valence-electron chi connectivity index (χ3n) is 5.07. The van der Waals surface area contributed by atoms with Crippen LogP contribution in [0.3, 0.4) is 0 Å². The molecule has 1 atom stereocenters. The quantitative estimate of drug-likeness (QED) is 0.345. The van der Waals surface area contributed by atoms with Crippen molar-refractivity contribution in [1.82, 2.24) is 20.2 Å². The van der Waals surface area contributed by atoms with Crippen molar-refractivity contribution in [3.63, 3.8) is 0 Å². The first-order valence-electron chi connectivity index (χ1n) is 9.89. The van der Waals surface area contributed by atoms with Gasteiger partial charge in [-0.15, -0.1) is 5.10 Å². The van der Waals surface area contributed by atoms with Crippen molar-refractivity contribution >= 4 is 22.9 Å². The van der Waals surface area contributed by atoms with Crippen molar-refractivity contribution in [2.75, 3.05) is 0 Å². The minimum atomic E-state index is -4.21. The third kappa shape index (κ3) is 5.07. The molecule has 0 saturated carbocycles. The molecule has 3 aromatic rings. The highest BCUT2D eigenvalue weighted by atomic mass is 35.5. The van der Waals surface area contributed by atoms with Crippen LogP contribution in [0.5, 0.6) is 0 Å². The van der Waals surface area contributed by atoms with Gasteiger partial charge in [-0.25, -0.2) is 13.5 Å². The highest BCUT2D eigenvalue weighted by Gasteiger charge is 2.59. The Balaban J connectivity index is 2.15. The van der Waals surface area contributed by atoms with Gasteiger partial charge in [-0.1, -0.05) is 30.3 Å². The van der Waals surface area contributed by atoms with E-state index in [4.69, 9.17) is 11.6 Å². The maximum absolute atomic E-state index is 16.0. The molecule has 0 aliphatic heterocycles. The lowest BCUT2D eigenvalue weighted by molar-refractivity contribution is -0.154. The first-order chi connectivity index (χ1) is 16.0. The van der Waals surface area contributed by atoms with Crippen molar-refractivity contribution in [1.29, 1.82) is 0 Å². The first-order valence-corrected chi connectivity index (χ1v) is 10.3. The number of aliphatic hydroxyl groups is 1. The predicted molar refractivity (Wildman–Crippen MR) is 120 cm³/mol. The molecule has 34 heavy (non-hydrogen) atoms. The van der Waals surface area contributed by atoms with E-state index in [2.05, 4.69) is 27.1 Å². The Labute approximate surface area is 197 Å². The van der Waals surface area contributed by atoms with Gasteiger partial charge in [-0.3, -0.25) is 4.99 Å². The van der Waals surface area contributed by atoms with E-state index in [0.717, 1.165) is 23.1 Å². The molecule has 0 spiro atoms. The van der Waals surface area contributed by atoms with Crippen LogP contribution in [0.25, 0.3) is 5.57 Å². The van der Waals surface area contributed by atoms with Crippen LogP contribution in [0.1, 0.15) is 25.0 Å². The zero-order valence-electron chi connectivity index (χ0n) is 18.2. The summed E-state index contributed by atoms with van der Waals surface area (Å²) in [7, 11) is 0. The number of nitrogens with zero attached hydrogens (tertiary/aromatic N) is 5. The molecule has 1 N–H and O–H groups in total. The van der Waals surface area contributed by atoms with Crippen molar-refractivity contribution in [2.45, 2.75) is 31.9 Å². The van der Waals surface area contributed by atoms with E-state index in [9.17, 15) is 13.9 Å². The second-order valence-corrected chi connectivity index (χ2v) is 8.08. The largest absolute Gasteiger partial charge is 0.377 e. The molecular weight excluding hydrogens is 474 g/mol. The van der Waals surface area contributed by atoms with Crippen molar-refractivity contribution < 1.29 is 22.7 Å². The molecule has 0 saturated heterocycles. The number of halogens is 5. The molecule has 0 bridgehead atoms. The van der Waals surface area contributed by atoms with E-state index in [-0.39, 0.29) is 5.57 Å². The second-order valence-electron chi connectivity index (χ2n) is 7.64. The molecule has 11 heteroatoms. The van der Waals surface area contributed by atoms with Gasteiger partial charge in [-0.05, 0) is 65.2 Å². The number of rotatable bonds is 8. The lowest BCUT2D eigenvalue weighted by Crippen LogP contribution is -2.54. The van der Waals surface area contributed by atoms with Crippen LogP contribution in [0.2, 0.25) is 5.02 Å². The summed E-state index contributed by atoms with van der Waals surface area (Å²) < 4.78 is 61.0. The average Bonchev–Trinajstić information content (AvgIpc) is 3.26. The first kappa shape index (κ1) is 25.3. The highest BCUT2D eigenvalue weighted by molar-refractivity contribution is 6.30. The van der Waals surface area contributed by atoms with Crippen molar-refractivity contribution in [3.05, 3.63) is 94.9 Å². The Morgan fingerprint density at radius 1 is 1.18 bits per heavy atom. The van der Waals surface area contributed by atoms with Gasteiger partial charge in [0.1, 0.15) is 23.7 Å². The molecule has 0 radical (unpaired) electrons. The lowest BCUT2D eigenvalue weighted by Gasteiger charge is -2.37. The molecule has 0 amide bonds. The van der Waals surface area contributed by atoms with Gasteiger partial charge >= 0.3 is 5.92 Å². The molecule has 178 valence electrons. The maximum atomic E-state index is 16.0. The van der Waals surface area contributed by atoms with E-state index in [1.165, 1.54) is 13.1 Å². The molecule has 1 heterocycles. The van der Waals surface area contributed by atoms with Gasteiger partial charge in [0.05, 0.1) is 6.54 Å². The fourth-order valence-electron chi connectivity index (χ4n) is 3.27. The van der Waals surface area contributed by atoms with E-state index in [0.29, 0.717) is 22.2 Å². The van der Waals surface area contributed by atoms with Gasteiger partial charge in [0, 0.05) is 22.9 Å². The van der Waals surface area contributed by atoms with Crippen LogP contribution in [-0.2, 0) is 12.1 Å². The van der Waals surface area contributed by atoms with Crippen molar-refractivity contribution in [2.24, 2.45) is 4.99 Å². The van der Waals surface area contributed by atoms with Crippen LogP contribution in [0.15, 0.2) is 72.1 Å². The van der Waals surface area contributed by atoms with Gasteiger partial charge in [0.15, 0.2) is 5.60 Å². The standard InChI is InChI=1S/C23H20ClF4N5O/c1-14(2)21(29-11-15(3)16-4-6-17(24)7-5-16)23(27,28)22(34,12-33-13-30-31-32-33)19-9-8-18(25)10-20(19)26/h4-11,13,34H,1,12H2,2-3H3/b15-11+,29-21?. The Hall–Kier alpha value is -3.37. The van der Waals surface area contributed by atoms with Gasteiger partial charge < -0.3 is 5.11 Å². The van der Waals surface area contributed by atoms with Crippen LogP contribution in [0.4, 0.5) is 17.6 Å². The van der Waals surface area contributed by atoms with Crippen LogP contribution in [-0.4, -0.2) is 36.9 Å². The lowest BCUT2D eigenvalue weighted by atomic mass is 9.82. The minimum absolute atomic E-state index is 0.178. The molecule has 3 rings (SSSR count). The Kier molecular flexibility index (Phi) is 7.32. The van der Waals surface area contributed by atoms with Gasteiger partial charge in [-0.2, -0.15) is 8.78 Å². The van der Waals surface area contributed by atoms with Gasteiger partial charge in [0.2, 0.25) is 0 Å². The zero-order valence-corrected chi connectivity index (χ0v) is 18.9. The molecule has 1 aromatic heterocycles. The highest BCUT2D eigenvalue weighted by Crippen LogP contribution is 2.43. The monoisotopic (exact) mass is 493 g/mol. The smallest absolute Gasteiger partial charge is 0.323 e. The summed E-state index contributed by atoms with van der Waals surface area (Å²) >= 11 is 5.88. The molecule has 0 fully saturated rings. The van der Waals surface area contributed by atoms with E-state index < -0.39 is 41.0 Å². The summed E-state index contributed by atoms with van der Waals surface area (Å²) in [5.74, 6) is -6.57. The zero-order chi connectivity index (χ0) is 25.1. The minimum Gasteiger partial charge on any atom is -0.377 e. The fourth-order valence-corrected chi connectivity index (χ4v) is 3.40. The SMILES string of the molecule is C=C(C)C(=N/C=C(\C)c1ccc(Cl)cc1)C(F)(F)C(O)(Cn1cnnn1)c1ccc(F)cc1F. The van der Waals surface area contributed by atoms with Crippen LogP contribution < -0.4 is 0 Å². The molecule has 6 nitrogen and oxygen atoms in total. The fraction of sp³-hybridized carbons (Fsp3) is 0.217. The number of hydrogen-bond acceptors (Lipinski definition) is 5. The summed E-state index contributed by atoms with van der Waals surface area (Å²) in [6, 6.07) is 8.55. The number of aromatic nitrogens is 4. The number of tetrazole rings is 1. The number of alkyl halides is 2. The van der Waals surface area contributed by atoms with E-state index in [1.807, 2.05) is 0 Å².